The minimum absolute atomic E-state index is 0. The monoisotopic (exact) mass is 411 g/mol. The molecule has 1 fully saturated rings. The Morgan fingerprint density at radius 2 is 1.27 bits per heavy atom. The van der Waals surface area contributed by atoms with Crippen molar-refractivity contribution < 1.29 is 45.3 Å². The van der Waals surface area contributed by atoms with E-state index >= 15 is 0 Å². The quantitative estimate of drug-likeness (QED) is 0.633. The van der Waals surface area contributed by atoms with Crippen molar-refractivity contribution in [2.45, 2.75) is 25.7 Å². The molecule has 2 unspecified atom stereocenters. The van der Waals surface area contributed by atoms with E-state index < -0.39 is 0 Å². The average molecular weight is 411 g/mol. The van der Waals surface area contributed by atoms with Crippen LogP contribution >= 0.6 is 0 Å². The van der Waals surface area contributed by atoms with E-state index in [1.807, 2.05) is 0 Å². The van der Waals surface area contributed by atoms with Crippen LogP contribution < -0.4 is 0 Å². The SMILES string of the molecule is COC(=O)C1CCCCC1C(=O)OC.[AtH]. The number of carbonyl (C=O) groups is 2. The van der Waals surface area contributed by atoms with Crippen LogP contribution in [0.5, 0.6) is 0 Å². The van der Waals surface area contributed by atoms with E-state index in [0.717, 1.165) is 25.7 Å². The second-order valence-corrected chi connectivity index (χ2v) is 3.54. The molecule has 5 heteroatoms. The minimum atomic E-state index is -0.304. The van der Waals surface area contributed by atoms with Gasteiger partial charge in [0.05, 0.1) is 26.1 Å². The van der Waals surface area contributed by atoms with Crippen molar-refractivity contribution in [3.05, 3.63) is 0 Å². The van der Waals surface area contributed by atoms with E-state index in [-0.39, 0.29) is 50.0 Å². The average Bonchev–Trinajstić information content (AvgIpc) is 2.27. The Morgan fingerprint density at radius 1 is 0.933 bits per heavy atom. The number of esters is 2. The van der Waals surface area contributed by atoms with Gasteiger partial charge in [0.1, 0.15) is 0 Å². The molecule has 0 radical (unpaired) electrons. The van der Waals surface area contributed by atoms with Gasteiger partial charge in [-0.3, -0.25) is 9.59 Å². The molecule has 1 rings (SSSR count). The van der Waals surface area contributed by atoms with Crippen LogP contribution in [0.1, 0.15) is 25.7 Å². The summed E-state index contributed by atoms with van der Waals surface area (Å²) in [5.74, 6) is -1.19. The first-order chi connectivity index (χ1) is 6.70. The Labute approximate surface area is 109 Å². The fourth-order valence-corrected chi connectivity index (χ4v) is 2.00. The van der Waals surface area contributed by atoms with Crippen molar-refractivity contribution in [2.75, 3.05) is 14.2 Å². The summed E-state index contributed by atoms with van der Waals surface area (Å²) < 4.78 is 9.34. The Kier molecular flexibility index (Phi) is 7.07. The van der Waals surface area contributed by atoms with E-state index in [9.17, 15) is 9.59 Å². The molecule has 0 bridgehead atoms. The van der Waals surface area contributed by atoms with E-state index in [0.29, 0.717) is 0 Å². The molecule has 0 aliphatic heterocycles. The number of rotatable bonds is 2. The molecule has 4 nitrogen and oxygen atoms in total. The molecule has 0 spiro atoms. The van der Waals surface area contributed by atoms with Crippen LogP contribution in [0.2, 0.25) is 0 Å². The number of hydrogen-bond acceptors (Lipinski definition) is 4. The maximum atomic E-state index is 11.4. The number of methoxy groups -OCH3 is 2. The van der Waals surface area contributed by atoms with Gasteiger partial charge in [0.25, 0.3) is 0 Å². The van der Waals surface area contributed by atoms with Crippen LogP contribution in [0.4, 0.5) is 0 Å². The Morgan fingerprint density at radius 3 is 1.53 bits per heavy atom. The van der Waals surface area contributed by atoms with E-state index in [1.165, 1.54) is 14.2 Å². The van der Waals surface area contributed by atoms with Gasteiger partial charge in [-0.2, -0.15) is 0 Å². The van der Waals surface area contributed by atoms with Crippen LogP contribution in [-0.2, 0) is 19.1 Å². The Bertz CT molecular complexity index is 205. The summed E-state index contributed by atoms with van der Waals surface area (Å²) in [6, 6.07) is 0. The zero-order chi connectivity index (χ0) is 10.6. The molecule has 1 aliphatic rings. The van der Waals surface area contributed by atoms with Gasteiger partial charge < -0.3 is 9.47 Å². The summed E-state index contributed by atoms with van der Waals surface area (Å²) >= 11 is 0. The zero-order valence-electron chi connectivity index (χ0n) is 9.02. The molecule has 0 aromatic carbocycles. The van der Waals surface area contributed by atoms with Gasteiger partial charge in [-0.1, -0.05) is 12.8 Å². The van der Waals surface area contributed by atoms with Crippen molar-refractivity contribution in [2.24, 2.45) is 11.8 Å². The molecule has 0 amide bonds. The molecule has 1 aliphatic carbocycles. The fraction of sp³-hybridized carbons (Fsp3) is 0.800. The summed E-state index contributed by atoms with van der Waals surface area (Å²) in [7, 11) is 2.70. The van der Waals surface area contributed by atoms with Crippen molar-refractivity contribution in [1.29, 1.82) is 0 Å². The van der Waals surface area contributed by atoms with Crippen LogP contribution in [0.15, 0.2) is 0 Å². The van der Waals surface area contributed by atoms with Gasteiger partial charge in [-0.15, -0.1) is 0 Å². The molecule has 0 heterocycles. The molecule has 0 aromatic rings. The molecule has 2 atom stereocenters. The molecular formula is C10H17AtO4. The molecular weight excluding hydrogens is 394 g/mol. The summed E-state index contributed by atoms with van der Waals surface area (Å²) in [5, 5.41) is 0. The standard InChI is InChI=1S/C10H16O4.AtH/c1-13-9(11)7-5-3-4-6-8(7)10(12)14-2;/h7-8H,3-6H2,1-2H3;1H. The molecule has 0 aromatic heterocycles. The number of carbonyl (C=O) groups excluding carboxylic acids is 2. The molecule has 0 saturated heterocycles. The van der Waals surface area contributed by atoms with Crippen LogP contribution in [0.3, 0.4) is 0 Å². The van der Waals surface area contributed by atoms with Gasteiger partial charge in [0.15, 0.2) is 0 Å². The van der Waals surface area contributed by atoms with Crippen LogP contribution in [-0.4, -0.2) is 26.2 Å². The van der Waals surface area contributed by atoms with Gasteiger partial charge in [0.2, 0.25) is 0 Å². The summed E-state index contributed by atoms with van der Waals surface area (Å²) in [4.78, 5) is 22.7. The third-order valence-electron chi connectivity index (χ3n) is 2.77. The van der Waals surface area contributed by atoms with Crippen LogP contribution in [0.25, 0.3) is 0 Å². The van der Waals surface area contributed by atoms with E-state index in [2.05, 4.69) is 9.47 Å². The van der Waals surface area contributed by atoms with Crippen LogP contribution in [0, 0.1) is 38.0 Å². The number of hydrogen-bond donors (Lipinski definition) is 0. The third-order valence-corrected chi connectivity index (χ3v) is 2.77. The Hall–Kier alpha value is -0.177. The first-order valence-electron chi connectivity index (χ1n) is 4.86. The second kappa shape index (κ2) is 7.16. The van der Waals surface area contributed by atoms with Gasteiger partial charge >= 0.3 is 38.1 Å². The van der Waals surface area contributed by atoms with Gasteiger partial charge in [0, 0.05) is 0 Å². The predicted molar refractivity (Wildman–Crippen MR) is 50.9 cm³/mol. The number of ether oxygens (including phenoxy) is 2. The molecule has 88 valence electrons. The van der Waals surface area contributed by atoms with E-state index in [4.69, 9.17) is 0 Å². The second-order valence-electron chi connectivity index (χ2n) is 3.54. The summed E-state index contributed by atoms with van der Waals surface area (Å²) in [6.45, 7) is 0. The summed E-state index contributed by atoms with van der Waals surface area (Å²) in [6.07, 6.45) is 3.42. The van der Waals surface area contributed by atoms with Crippen molar-refractivity contribution in [1.82, 2.24) is 0 Å². The normalized spacial score (nSPS) is 24.9. The topological polar surface area (TPSA) is 52.6 Å². The van der Waals surface area contributed by atoms with Crippen molar-refractivity contribution in [3.63, 3.8) is 0 Å². The van der Waals surface area contributed by atoms with Crippen molar-refractivity contribution in [3.8, 4) is 0 Å². The first kappa shape index (κ1) is 14.8. The van der Waals surface area contributed by atoms with Gasteiger partial charge in [-0.05, 0) is 12.8 Å². The Balaban J connectivity index is 0.00000196. The maximum absolute atomic E-state index is 11.4. The summed E-state index contributed by atoms with van der Waals surface area (Å²) in [5.41, 5.74) is 0. The molecule has 15 heavy (non-hydrogen) atoms. The first-order valence-corrected chi connectivity index (χ1v) is 4.86. The van der Waals surface area contributed by atoms with Crippen molar-refractivity contribution >= 4 is 11.9 Å². The van der Waals surface area contributed by atoms with Gasteiger partial charge in [-0.25, -0.2) is 0 Å². The van der Waals surface area contributed by atoms with E-state index in [1.54, 1.807) is 0 Å². The molecule has 1 saturated carbocycles. The molecule has 0 N–H and O–H groups in total. The zero-order valence-corrected chi connectivity index (χ0v) is 12.2. The fourth-order valence-electron chi connectivity index (χ4n) is 2.00. The predicted octanol–water partition coefficient (Wildman–Crippen LogP) is 0.871. The third kappa shape index (κ3) is 3.71.